The highest BCUT2D eigenvalue weighted by molar-refractivity contribution is 7.92. The maximum atomic E-state index is 14.1. The van der Waals surface area contributed by atoms with Crippen LogP contribution in [0.25, 0.3) is 0 Å². The van der Waals surface area contributed by atoms with E-state index in [1.807, 2.05) is 20.8 Å². The van der Waals surface area contributed by atoms with Gasteiger partial charge in [0.1, 0.15) is 24.2 Å². The Hall–Kier alpha value is -3.63. The molecule has 0 spiro atoms. The second-order valence-corrected chi connectivity index (χ2v) is 12.7. The second kappa shape index (κ2) is 13.4. The van der Waals surface area contributed by atoms with Gasteiger partial charge in [-0.25, -0.2) is 12.8 Å². The smallest absolute Gasteiger partial charge is 0.264 e. The van der Waals surface area contributed by atoms with Crippen LogP contribution in [-0.4, -0.2) is 50.4 Å². The number of rotatable bonds is 11. The molecule has 1 atom stereocenters. The summed E-state index contributed by atoms with van der Waals surface area (Å²) in [4.78, 5) is 28.7. The van der Waals surface area contributed by atoms with Crippen LogP contribution < -0.4 is 14.4 Å². The first-order valence-corrected chi connectivity index (χ1v) is 14.9. The fraction of sp³-hybridized carbons (Fsp3) is 0.333. The molecule has 0 aromatic heterocycles. The molecular weight excluding hydrogens is 569 g/mol. The van der Waals surface area contributed by atoms with E-state index in [1.54, 1.807) is 25.1 Å². The van der Waals surface area contributed by atoms with Gasteiger partial charge in [0.05, 0.1) is 22.7 Å². The monoisotopic (exact) mass is 603 g/mol. The maximum Gasteiger partial charge on any atom is 0.264 e. The van der Waals surface area contributed by atoms with Crippen molar-refractivity contribution in [2.24, 2.45) is 0 Å². The number of amides is 2. The summed E-state index contributed by atoms with van der Waals surface area (Å²) in [6, 6.07) is 16.8. The second-order valence-electron chi connectivity index (χ2n) is 10.5. The molecule has 0 aliphatic carbocycles. The summed E-state index contributed by atoms with van der Waals surface area (Å²) in [5.74, 6) is -1.13. The van der Waals surface area contributed by atoms with E-state index in [0.717, 1.165) is 4.31 Å². The van der Waals surface area contributed by atoms with Crippen molar-refractivity contribution < 1.29 is 27.1 Å². The molecule has 0 saturated heterocycles. The topological polar surface area (TPSA) is 96.0 Å². The summed E-state index contributed by atoms with van der Waals surface area (Å²) in [5, 5.41) is 3.06. The van der Waals surface area contributed by atoms with Crippen LogP contribution in [0.5, 0.6) is 5.75 Å². The molecule has 0 aliphatic heterocycles. The number of ether oxygens (including phenoxy) is 1. The van der Waals surface area contributed by atoms with Crippen LogP contribution in [-0.2, 0) is 26.2 Å². The molecule has 3 rings (SSSR count). The molecule has 0 heterocycles. The van der Waals surface area contributed by atoms with E-state index in [9.17, 15) is 22.4 Å². The summed E-state index contributed by atoms with van der Waals surface area (Å²) in [5.41, 5.74) is 0.145. The molecule has 8 nitrogen and oxygen atoms in total. The number of halogens is 2. The third kappa shape index (κ3) is 8.20. The molecule has 41 heavy (non-hydrogen) atoms. The van der Waals surface area contributed by atoms with E-state index in [2.05, 4.69) is 5.32 Å². The van der Waals surface area contributed by atoms with E-state index in [4.69, 9.17) is 16.3 Å². The Balaban J connectivity index is 2.09. The number of methoxy groups -OCH3 is 1. The number of hydrogen-bond donors (Lipinski definition) is 1. The van der Waals surface area contributed by atoms with Crippen LogP contribution in [0.4, 0.5) is 10.1 Å². The zero-order valence-electron chi connectivity index (χ0n) is 23.7. The lowest BCUT2D eigenvalue weighted by Gasteiger charge is -2.34. The average Bonchev–Trinajstić information content (AvgIpc) is 2.92. The molecule has 11 heteroatoms. The zero-order valence-corrected chi connectivity index (χ0v) is 25.3. The minimum atomic E-state index is -4.24. The summed E-state index contributed by atoms with van der Waals surface area (Å²) in [6.07, 6.45) is 0.259. The van der Waals surface area contributed by atoms with E-state index >= 15 is 0 Å². The van der Waals surface area contributed by atoms with Crippen LogP contribution >= 0.6 is 11.6 Å². The van der Waals surface area contributed by atoms with Crippen molar-refractivity contribution in [2.45, 2.75) is 57.1 Å². The molecule has 3 aromatic rings. The fourth-order valence-corrected chi connectivity index (χ4v) is 5.90. The third-order valence-electron chi connectivity index (χ3n) is 6.18. The Kier molecular flexibility index (Phi) is 10.4. The van der Waals surface area contributed by atoms with Crippen LogP contribution in [0.1, 0.15) is 39.7 Å². The SMILES string of the molecule is CCC(C(=O)NC(C)(C)C)N(Cc1ccc(F)cc1)C(=O)CN(c1ccc(OC)c(Cl)c1)S(=O)(=O)c1ccccc1. The van der Waals surface area contributed by atoms with Gasteiger partial charge < -0.3 is 15.0 Å². The van der Waals surface area contributed by atoms with Crippen LogP contribution in [0.15, 0.2) is 77.7 Å². The number of sulfonamides is 1. The minimum absolute atomic E-state index is 0.0256. The maximum absolute atomic E-state index is 14.1. The Morgan fingerprint density at radius 2 is 1.66 bits per heavy atom. The molecule has 1 N–H and O–H groups in total. The number of carbonyl (C=O) groups is 2. The predicted octanol–water partition coefficient (Wildman–Crippen LogP) is 5.41. The van der Waals surface area contributed by atoms with Crippen LogP contribution in [0, 0.1) is 5.82 Å². The molecular formula is C30H35ClFN3O5S. The molecule has 2 amide bonds. The first-order valence-electron chi connectivity index (χ1n) is 13.0. The molecule has 0 saturated carbocycles. The van der Waals surface area contributed by atoms with E-state index in [1.165, 1.54) is 66.6 Å². The van der Waals surface area contributed by atoms with E-state index in [0.29, 0.717) is 11.3 Å². The molecule has 1 unspecified atom stereocenters. The van der Waals surface area contributed by atoms with Gasteiger partial charge in [-0.05, 0) is 75.2 Å². The molecule has 0 fully saturated rings. The highest BCUT2D eigenvalue weighted by Gasteiger charge is 2.34. The van der Waals surface area contributed by atoms with Crippen molar-refractivity contribution in [1.29, 1.82) is 0 Å². The first-order chi connectivity index (χ1) is 19.3. The van der Waals surface area contributed by atoms with Crippen LogP contribution in [0.3, 0.4) is 0 Å². The Morgan fingerprint density at radius 3 is 2.20 bits per heavy atom. The minimum Gasteiger partial charge on any atom is -0.495 e. The van der Waals surface area contributed by atoms with Gasteiger partial charge >= 0.3 is 0 Å². The van der Waals surface area contributed by atoms with Gasteiger partial charge in [0.15, 0.2) is 0 Å². The molecule has 3 aromatic carbocycles. The van der Waals surface area contributed by atoms with Crippen molar-refractivity contribution in [3.63, 3.8) is 0 Å². The Labute approximate surface area is 246 Å². The first kappa shape index (κ1) is 31.9. The van der Waals surface area contributed by atoms with Crippen molar-refractivity contribution in [2.75, 3.05) is 18.0 Å². The standard InChI is InChI=1S/C30H35ClFN3O5S/c1-6-26(29(37)33-30(2,3)4)34(19-21-12-14-22(32)15-13-21)28(36)20-35(23-16-17-27(40-5)25(31)18-23)41(38,39)24-10-8-7-9-11-24/h7-18,26H,6,19-20H2,1-5H3,(H,33,37). The van der Waals surface area contributed by atoms with Gasteiger partial charge in [-0.1, -0.05) is 48.9 Å². The normalized spacial score (nSPS) is 12.4. The summed E-state index contributed by atoms with van der Waals surface area (Å²) in [6.45, 7) is 6.57. The lowest BCUT2D eigenvalue weighted by atomic mass is 10.1. The zero-order chi connectivity index (χ0) is 30.4. The highest BCUT2D eigenvalue weighted by atomic mass is 35.5. The quantitative estimate of drug-likeness (QED) is 0.316. The number of hydrogen-bond acceptors (Lipinski definition) is 5. The van der Waals surface area contributed by atoms with Gasteiger partial charge in [0, 0.05) is 12.1 Å². The lowest BCUT2D eigenvalue weighted by Crippen LogP contribution is -2.55. The molecule has 220 valence electrons. The number of nitrogens with zero attached hydrogens (tertiary/aromatic N) is 2. The van der Waals surface area contributed by atoms with Crippen molar-refractivity contribution in [3.05, 3.63) is 89.2 Å². The number of carbonyl (C=O) groups excluding carboxylic acids is 2. The summed E-state index contributed by atoms with van der Waals surface area (Å²) >= 11 is 6.34. The van der Waals surface area contributed by atoms with Gasteiger partial charge in [0.25, 0.3) is 10.0 Å². The van der Waals surface area contributed by atoms with Crippen LogP contribution in [0.2, 0.25) is 5.02 Å². The van der Waals surface area contributed by atoms with E-state index < -0.39 is 39.9 Å². The molecule has 0 radical (unpaired) electrons. The molecule has 0 bridgehead atoms. The van der Waals surface area contributed by atoms with Gasteiger partial charge in [-0.3, -0.25) is 13.9 Å². The van der Waals surface area contributed by atoms with Crippen molar-refractivity contribution in [3.8, 4) is 5.75 Å². The summed E-state index contributed by atoms with van der Waals surface area (Å²) < 4.78 is 47.5. The number of anilines is 1. The van der Waals surface area contributed by atoms with Crippen molar-refractivity contribution >= 4 is 39.1 Å². The third-order valence-corrected chi connectivity index (χ3v) is 8.27. The largest absolute Gasteiger partial charge is 0.495 e. The number of benzene rings is 3. The highest BCUT2D eigenvalue weighted by Crippen LogP contribution is 2.32. The van der Waals surface area contributed by atoms with Crippen molar-refractivity contribution in [1.82, 2.24) is 10.2 Å². The average molecular weight is 604 g/mol. The van der Waals surface area contributed by atoms with E-state index in [-0.39, 0.29) is 34.5 Å². The lowest BCUT2D eigenvalue weighted by molar-refractivity contribution is -0.141. The number of nitrogens with one attached hydrogen (secondary N) is 1. The van der Waals surface area contributed by atoms with Gasteiger partial charge in [0.2, 0.25) is 11.8 Å². The predicted molar refractivity (Wildman–Crippen MR) is 158 cm³/mol. The van der Waals surface area contributed by atoms with Gasteiger partial charge in [-0.2, -0.15) is 0 Å². The fourth-order valence-electron chi connectivity index (χ4n) is 4.22. The Morgan fingerprint density at radius 1 is 1.02 bits per heavy atom. The molecule has 0 aliphatic rings. The van der Waals surface area contributed by atoms with Gasteiger partial charge in [-0.15, -0.1) is 0 Å². The Bertz CT molecular complexity index is 1460. The summed E-state index contributed by atoms with van der Waals surface area (Å²) in [7, 11) is -2.81.